The van der Waals surface area contributed by atoms with Gasteiger partial charge in [0.2, 0.25) is 0 Å². The number of nitrogens with zero attached hydrogens (tertiary/aromatic N) is 1. The van der Waals surface area contributed by atoms with Crippen molar-refractivity contribution in [1.29, 1.82) is 0 Å². The van der Waals surface area contributed by atoms with Crippen LogP contribution in [0.3, 0.4) is 0 Å². The molecule has 0 saturated carbocycles. The van der Waals surface area contributed by atoms with Gasteiger partial charge in [0.15, 0.2) is 0 Å². The van der Waals surface area contributed by atoms with Gasteiger partial charge in [0, 0.05) is 6.54 Å². The maximum absolute atomic E-state index is 10.5. The molecule has 0 radical (unpaired) electrons. The van der Waals surface area contributed by atoms with Gasteiger partial charge in [-0.1, -0.05) is 44.2 Å². The fourth-order valence-electron chi connectivity index (χ4n) is 4.48. The fraction of sp³-hybridized carbons (Fsp3) is 0.520. The first kappa shape index (κ1) is 23.0. The zero-order chi connectivity index (χ0) is 23.0. The molecule has 1 saturated heterocycles. The van der Waals surface area contributed by atoms with E-state index in [9.17, 15) is 20.4 Å². The zero-order valence-electron chi connectivity index (χ0n) is 18.8. The normalized spacial score (nSPS) is 30.2. The van der Waals surface area contributed by atoms with Gasteiger partial charge in [-0.05, 0) is 41.7 Å². The van der Waals surface area contributed by atoms with E-state index in [-0.39, 0.29) is 6.10 Å². The van der Waals surface area contributed by atoms with E-state index in [0.717, 1.165) is 11.4 Å². The van der Waals surface area contributed by atoms with Crippen molar-refractivity contribution in [1.82, 2.24) is 0 Å². The third kappa shape index (κ3) is 4.49. The number of benzene rings is 2. The molecule has 4 rings (SSSR count). The summed E-state index contributed by atoms with van der Waals surface area (Å²) in [6, 6.07) is 14.2. The summed E-state index contributed by atoms with van der Waals surface area (Å²) >= 11 is 0. The number of hydrogen-bond acceptors (Lipinski definition) is 7. The Kier molecular flexibility index (Phi) is 6.74. The van der Waals surface area contributed by atoms with Crippen LogP contribution in [0.4, 0.5) is 5.69 Å². The third-order valence-corrected chi connectivity index (χ3v) is 6.37. The van der Waals surface area contributed by atoms with Crippen molar-refractivity contribution in [2.45, 2.75) is 69.9 Å². The standard InChI is InChI=1S/C25H33NO6/c1-14(2)17-6-4-16(5-7-17)12-26-11-15(3)31-20-9-8-18(10-19(20)26)25-24(30)23(29)22(28)21(13-27)32-25/h4-10,14-15,21-25,27-30H,11-13H2,1-3H3/t15?,21-,22-,23+,24-,25+/m1/s1. The molecule has 0 bridgehead atoms. The maximum Gasteiger partial charge on any atom is 0.143 e. The Morgan fingerprint density at radius 3 is 2.38 bits per heavy atom. The van der Waals surface area contributed by atoms with Gasteiger partial charge in [-0.2, -0.15) is 0 Å². The average molecular weight is 444 g/mol. The summed E-state index contributed by atoms with van der Waals surface area (Å²) in [5, 5.41) is 40.3. The highest BCUT2D eigenvalue weighted by atomic mass is 16.5. The topological polar surface area (TPSA) is 103 Å². The Morgan fingerprint density at radius 2 is 1.72 bits per heavy atom. The van der Waals surface area contributed by atoms with Gasteiger partial charge >= 0.3 is 0 Å². The van der Waals surface area contributed by atoms with Gasteiger partial charge in [0.1, 0.15) is 42.4 Å². The molecule has 0 aliphatic carbocycles. The van der Waals surface area contributed by atoms with E-state index < -0.39 is 37.1 Å². The molecule has 4 N–H and O–H groups in total. The van der Waals surface area contributed by atoms with Crippen LogP contribution in [0, 0.1) is 0 Å². The summed E-state index contributed by atoms with van der Waals surface area (Å²) in [4.78, 5) is 2.24. The molecule has 174 valence electrons. The average Bonchev–Trinajstić information content (AvgIpc) is 2.78. The molecule has 2 aromatic rings. The molecular weight excluding hydrogens is 410 g/mol. The maximum atomic E-state index is 10.5. The second-order valence-electron chi connectivity index (χ2n) is 9.18. The second kappa shape index (κ2) is 9.37. The quantitative estimate of drug-likeness (QED) is 0.561. The van der Waals surface area contributed by atoms with E-state index in [1.165, 1.54) is 11.1 Å². The Hall–Kier alpha value is -2.16. The molecule has 7 nitrogen and oxygen atoms in total. The predicted octanol–water partition coefficient (Wildman–Crippen LogP) is 2.11. The molecule has 2 aromatic carbocycles. The molecule has 7 heteroatoms. The highest BCUT2D eigenvalue weighted by molar-refractivity contribution is 5.62. The molecular formula is C25H33NO6. The second-order valence-corrected chi connectivity index (χ2v) is 9.18. The SMILES string of the molecule is CC1CN(Cc2ccc(C(C)C)cc2)c2cc([C@@H]3O[C@H](CO)[C@@H](O)[C@H](O)[C@H]3O)ccc2O1. The lowest BCUT2D eigenvalue weighted by Crippen LogP contribution is -2.55. The number of aliphatic hydroxyl groups excluding tert-OH is 4. The Morgan fingerprint density at radius 1 is 1.00 bits per heavy atom. The van der Waals surface area contributed by atoms with Crippen molar-refractivity contribution in [3.8, 4) is 5.75 Å². The van der Waals surface area contributed by atoms with E-state index in [2.05, 4.69) is 43.0 Å². The lowest BCUT2D eigenvalue weighted by atomic mass is 9.91. The van der Waals surface area contributed by atoms with Crippen LogP contribution in [-0.2, 0) is 11.3 Å². The van der Waals surface area contributed by atoms with E-state index >= 15 is 0 Å². The first-order valence-corrected chi connectivity index (χ1v) is 11.2. The van der Waals surface area contributed by atoms with Crippen LogP contribution < -0.4 is 9.64 Å². The van der Waals surface area contributed by atoms with Crippen molar-refractivity contribution >= 4 is 5.69 Å². The van der Waals surface area contributed by atoms with E-state index in [0.29, 0.717) is 24.6 Å². The van der Waals surface area contributed by atoms with Crippen LogP contribution in [0.5, 0.6) is 5.75 Å². The van der Waals surface area contributed by atoms with E-state index in [4.69, 9.17) is 9.47 Å². The monoisotopic (exact) mass is 443 g/mol. The van der Waals surface area contributed by atoms with Gasteiger partial charge < -0.3 is 34.8 Å². The summed E-state index contributed by atoms with van der Waals surface area (Å²) in [6.07, 6.45) is -5.89. The van der Waals surface area contributed by atoms with Crippen LogP contribution in [0.15, 0.2) is 42.5 Å². The number of rotatable bonds is 5. The number of fused-ring (bicyclic) bond motifs is 1. The predicted molar refractivity (Wildman–Crippen MR) is 121 cm³/mol. The Bertz CT molecular complexity index is 915. The minimum absolute atomic E-state index is 0.0237. The molecule has 2 aliphatic rings. The van der Waals surface area contributed by atoms with Crippen LogP contribution in [-0.4, -0.2) is 64.1 Å². The van der Waals surface area contributed by atoms with Crippen molar-refractivity contribution < 1.29 is 29.9 Å². The Labute approximate surface area is 188 Å². The molecule has 1 fully saturated rings. The van der Waals surface area contributed by atoms with E-state index in [1.807, 2.05) is 19.1 Å². The van der Waals surface area contributed by atoms with E-state index in [1.54, 1.807) is 6.07 Å². The van der Waals surface area contributed by atoms with Crippen LogP contribution in [0.25, 0.3) is 0 Å². The largest absolute Gasteiger partial charge is 0.487 e. The van der Waals surface area contributed by atoms with Crippen LogP contribution in [0.2, 0.25) is 0 Å². The Balaban J connectivity index is 1.62. The number of hydrogen-bond donors (Lipinski definition) is 4. The van der Waals surface area contributed by atoms with Gasteiger partial charge in [-0.25, -0.2) is 0 Å². The molecule has 6 atom stereocenters. The molecule has 2 aliphatic heterocycles. The molecule has 0 spiro atoms. The first-order valence-electron chi connectivity index (χ1n) is 11.2. The molecule has 0 amide bonds. The lowest BCUT2D eigenvalue weighted by Gasteiger charge is -2.41. The molecule has 2 heterocycles. The van der Waals surface area contributed by atoms with Gasteiger partial charge in [-0.15, -0.1) is 0 Å². The summed E-state index contributed by atoms with van der Waals surface area (Å²) in [7, 11) is 0. The molecule has 32 heavy (non-hydrogen) atoms. The summed E-state index contributed by atoms with van der Waals surface area (Å²) in [6.45, 7) is 7.34. The van der Waals surface area contributed by atoms with Gasteiger partial charge in [0.05, 0.1) is 18.8 Å². The van der Waals surface area contributed by atoms with Gasteiger partial charge in [0.25, 0.3) is 0 Å². The highest BCUT2D eigenvalue weighted by Crippen LogP contribution is 2.40. The summed E-state index contributed by atoms with van der Waals surface area (Å²) in [5.74, 6) is 1.23. The first-order chi connectivity index (χ1) is 15.3. The highest BCUT2D eigenvalue weighted by Gasteiger charge is 2.44. The van der Waals surface area contributed by atoms with Crippen molar-refractivity contribution in [3.05, 3.63) is 59.2 Å². The minimum Gasteiger partial charge on any atom is -0.487 e. The number of aliphatic hydroxyl groups is 4. The number of ether oxygens (including phenoxy) is 2. The van der Waals surface area contributed by atoms with Crippen molar-refractivity contribution in [2.75, 3.05) is 18.1 Å². The summed E-state index contributed by atoms with van der Waals surface area (Å²) < 4.78 is 11.8. The minimum atomic E-state index is -1.41. The fourth-order valence-corrected chi connectivity index (χ4v) is 4.48. The van der Waals surface area contributed by atoms with Crippen LogP contribution >= 0.6 is 0 Å². The molecule has 0 aromatic heterocycles. The van der Waals surface area contributed by atoms with Gasteiger partial charge in [-0.3, -0.25) is 0 Å². The lowest BCUT2D eigenvalue weighted by molar-refractivity contribution is -0.231. The van der Waals surface area contributed by atoms with Crippen molar-refractivity contribution in [2.24, 2.45) is 0 Å². The number of anilines is 1. The van der Waals surface area contributed by atoms with Crippen molar-refractivity contribution in [3.63, 3.8) is 0 Å². The smallest absolute Gasteiger partial charge is 0.143 e. The van der Waals surface area contributed by atoms with Crippen LogP contribution in [0.1, 0.15) is 49.5 Å². The molecule has 1 unspecified atom stereocenters. The summed E-state index contributed by atoms with van der Waals surface area (Å²) in [5.41, 5.74) is 4.02. The zero-order valence-corrected chi connectivity index (χ0v) is 18.8. The third-order valence-electron chi connectivity index (χ3n) is 6.37.